The zero-order valence-electron chi connectivity index (χ0n) is 13.2. The van der Waals surface area contributed by atoms with Crippen molar-refractivity contribution in [1.82, 2.24) is 4.90 Å². The number of carbonyl (C=O) groups excluding carboxylic acids is 2. The number of rotatable bonds is 3. The van der Waals surface area contributed by atoms with E-state index in [1.54, 1.807) is 12.0 Å². The molecule has 1 aromatic rings. The van der Waals surface area contributed by atoms with Gasteiger partial charge >= 0.3 is 0 Å². The van der Waals surface area contributed by atoms with E-state index in [-0.39, 0.29) is 23.8 Å². The Morgan fingerprint density at radius 2 is 1.87 bits per heavy atom. The summed E-state index contributed by atoms with van der Waals surface area (Å²) in [5.74, 6) is -0.102. The van der Waals surface area contributed by atoms with Crippen LogP contribution in [0.1, 0.15) is 19.3 Å². The van der Waals surface area contributed by atoms with Crippen LogP contribution in [0, 0.1) is 5.92 Å². The van der Waals surface area contributed by atoms with E-state index in [0.717, 1.165) is 36.1 Å². The van der Waals surface area contributed by atoms with Gasteiger partial charge < -0.3 is 14.5 Å². The predicted octanol–water partition coefficient (Wildman–Crippen LogP) is 2.44. The quantitative estimate of drug-likeness (QED) is 0.808. The molecule has 1 atom stereocenters. The van der Waals surface area contributed by atoms with E-state index in [1.807, 2.05) is 29.2 Å². The highest BCUT2D eigenvalue weighted by Gasteiger charge is 2.38. The largest absolute Gasteiger partial charge is 0.381 e. The first-order chi connectivity index (χ1) is 11.1. The molecular formula is C17H21BrN2O3. The molecule has 0 saturated carbocycles. The van der Waals surface area contributed by atoms with E-state index in [9.17, 15) is 9.59 Å². The SMILES string of the molecule is COC1CCN(C(=O)C2CC(=O)N(c3ccc(Br)cc3)C2)CC1. The number of carbonyl (C=O) groups is 2. The molecule has 0 radical (unpaired) electrons. The Morgan fingerprint density at radius 3 is 2.48 bits per heavy atom. The smallest absolute Gasteiger partial charge is 0.228 e. The minimum Gasteiger partial charge on any atom is -0.381 e. The van der Waals surface area contributed by atoms with Crippen LogP contribution < -0.4 is 4.90 Å². The van der Waals surface area contributed by atoms with E-state index >= 15 is 0 Å². The van der Waals surface area contributed by atoms with Gasteiger partial charge in [0.1, 0.15) is 0 Å². The molecule has 2 aliphatic heterocycles. The van der Waals surface area contributed by atoms with Gasteiger partial charge in [-0.15, -0.1) is 0 Å². The number of piperidine rings is 1. The third kappa shape index (κ3) is 3.58. The minimum absolute atomic E-state index is 0.0254. The summed E-state index contributed by atoms with van der Waals surface area (Å²) >= 11 is 3.39. The van der Waals surface area contributed by atoms with Crippen LogP contribution in [0.4, 0.5) is 5.69 Å². The van der Waals surface area contributed by atoms with Crippen molar-refractivity contribution in [3.8, 4) is 0 Å². The average Bonchev–Trinajstić information content (AvgIpc) is 2.97. The van der Waals surface area contributed by atoms with Crippen molar-refractivity contribution in [1.29, 1.82) is 0 Å². The number of anilines is 1. The van der Waals surface area contributed by atoms with Gasteiger partial charge in [0.25, 0.3) is 0 Å². The van der Waals surface area contributed by atoms with Gasteiger partial charge in [0.15, 0.2) is 0 Å². The number of methoxy groups -OCH3 is 1. The van der Waals surface area contributed by atoms with Gasteiger partial charge in [-0.25, -0.2) is 0 Å². The molecule has 1 unspecified atom stereocenters. The molecule has 2 heterocycles. The van der Waals surface area contributed by atoms with Gasteiger partial charge in [0.2, 0.25) is 11.8 Å². The summed E-state index contributed by atoms with van der Waals surface area (Å²) in [6.07, 6.45) is 2.31. The Balaban J connectivity index is 1.63. The van der Waals surface area contributed by atoms with Crippen molar-refractivity contribution in [3.63, 3.8) is 0 Å². The van der Waals surface area contributed by atoms with Crippen molar-refractivity contribution >= 4 is 33.4 Å². The third-order valence-corrected chi connectivity index (χ3v) is 5.23. The van der Waals surface area contributed by atoms with Gasteiger partial charge in [0, 0.05) is 43.3 Å². The fraction of sp³-hybridized carbons (Fsp3) is 0.529. The lowest BCUT2D eigenvalue weighted by Gasteiger charge is -2.32. The molecule has 2 saturated heterocycles. The zero-order valence-corrected chi connectivity index (χ0v) is 14.8. The molecule has 2 fully saturated rings. The summed E-state index contributed by atoms with van der Waals surface area (Å²) < 4.78 is 6.32. The van der Waals surface area contributed by atoms with E-state index in [0.29, 0.717) is 13.0 Å². The number of halogens is 1. The van der Waals surface area contributed by atoms with E-state index in [1.165, 1.54) is 0 Å². The molecule has 6 heteroatoms. The van der Waals surface area contributed by atoms with Gasteiger partial charge in [-0.05, 0) is 37.1 Å². The van der Waals surface area contributed by atoms with Crippen molar-refractivity contribution in [2.24, 2.45) is 5.92 Å². The first-order valence-corrected chi connectivity index (χ1v) is 8.75. The summed E-state index contributed by atoms with van der Waals surface area (Å²) in [4.78, 5) is 28.6. The molecule has 0 bridgehead atoms. The molecule has 2 amide bonds. The first kappa shape index (κ1) is 16.5. The lowest BCUT2D eigenvalue weighted by molar-refractivity contribution is -0.138. The van der Waals surface area contributed by atoms with Crippen molar-refractivity contribution in [2.45, 2.75) is 25.4 Å². The highest BCUT2D eigenvalue weighted by atomic mass is 79.9. The van der Waals surface area contributed by atoms with Crippen molar-refractivity contribution < 1.29 is 14.3 Å². The fourth-order valence-electron chi connectivity index (χ4n) is 3.31. The van der Waals surface area contributed by atoms with Crippen LogP contribution in [0.5, 0.6) is 0 Å². The van der Waals surface area contributed by atoms with Crippen LogP contribution in [0.15, 0.2) is 28.7 Å². The Kier molecular flexibility index (Phi) is 5.02. The first-order valence-electron chi connectivity index (χ1n) is 7.96. The maximum absolute atomic E-state index is 12.7. The summed E-state index contributed by atoms with van der Waals surface area (Å²) in [7, 11) is 1.72. The number of likely N-dealkylation sites (tertiary alicyclic amines) is 1. The van der Waals surface area contributed by atoms with Crippen LogP contribution in [0.25, 0.3) is 0 Å². The second-order valence-corrected chi connectivity index (χ2v) is 7.06. The van der Waals surface area contributed by atoms with Gasteiger partial charge in [-0.1, -0.05) is 15.9 Å². The van der Waals surface area contributed by atoms with E-state index in [2.05, 4.69) is 15.9 Å². The number of benzene rings is 1. The number of nitrogens with zero attached hydrogens (tertiary/aromatic N) is 2. The van der Waals surface area contributed by atoms with Crippen molar-refractivity contribution in [2.75, 3.05) is 31.6 Å². The van der Waals surface area contributed by atoms with Crippen LogP contribution >= 0.6 is 15.9 Å². The highest BCUT2D eigenvalue weighted by molar-refractivity contribution is 9.10. The second kappa shape index (κ2) is 7.01. The molecular weight excluding hydrogens is 360 g/mol. The zero-order chi connectivity index (χ0) is 16.4. The average molecular weight is 381 g/mol. The lowest BCUT2D eigenvalue weighted by Crippen LogP contribution is -2.44. The summed E-state index contributed by atoms with van der Waals surface area (Å²) in [5, 5.41) is 0. The molecule has 0 aliphatic carbocycles. The fourth-order valence-corrected chi connectivity index (χ4v) is 3.58. The molecule has 23 heavy (non-hydrogen) atoms. The Morgan fingerprint density at radius 1 is 1.22 bits per heavy atom. The molecule has 0 N–H and O–H groups in total. The Labute approximate surface area is 144 Å². The van der Waals surface area contributed by atoms with Crippen LogP contribution in [-0.2, 0) is 14.3 Å². The number of hydrogen-bond donors (Lipinski definition) is 0. The van der Waals surface area contributed by atoms with E-state index in [4.69, 9.17) is 4.74 Å². The van der Waals surface area contributed by atoms with Crippen molar-refractivity contribution in [3.05, 3.63) is 28.7 Å². The number of amides is 2. The van der Waals surface area contributed by atoms with E-state index < -0.39 is 0 Å². The molecule has 0 aromatic heterocycles. The minimum atomic E-state index is -0.231. The normalized spacial score (nSPS) is 22.7. The monoisotopic (exact) mass is 380 g/mol. The molecule has 2 aliphatic rings. The standard InChI is InChI=1S/C17H21BrN2O3/c1-23-15-6-8-19(9-7-15)17(22)12-10-16(21)20(11-12)14-4-2-13(18)3-5-14/h2-5,12,15H,6-11H2,1H3. The number of hydrogen-bond acceptors (Lipinski definition) is 3. The van der Waals surface area contributed by atoms with Gasteiger partial charge in [-0.2, -0.15) is 0 Å². The molecule has 3 rings (SSSR count). The molecule has 124 valence electrons. The Hall–Kier alpha value is -1.40. The van der Waals surface area contributed by atoms with Gasteiger partial charge in [-0.3, -0.25) is 9.59 Å². The molecule has 5 nitrogen and oxygen atoms in total. The van der Waals surface area contributed by atoms with Crippen LogP contribution in [-0.4, -0.2) is 49.6 Å². The van der Waals surface area contributed by atoms with Crippen LogP contribution in [0.2, 0.25) is 0 Å². The maximum Gasteiger partial charge on any atom is 0.228 e. The molecule has 1 aromatic carbocycles. The number of ether oxygens (including phenoxy) is 1. The predicted molar refractivity (Wildman–Crippen MR) is 91.2 cm³/mol. The highest BCUT2D eigenvalue weighted by Crippen LogP contribution is 2.28. The topological polar surface area (TPSA) is 49.9 Å². The maximum atomic E-state index is 12.7. The summed E-state index contributed by atoms with van der Waals surface area (Å²) in [5.41, 5.74) is 0.853. The summed E-state index contributed by atoms with van der Waals surface area (Å²) in [6.45, 7) is 1.92. The third-order valence-electron chi connectivity index (χ3n) is 4.70. The Bertz CT molecular complexity index is 582. The molecule has 0 spiro atoms. The van der Waals surface area contributed by atoms with Crippen LogP contribution in [0.3, 0.4) is 0 Å². The summed E-state index contributed by atoms with van der Waals surface area (Å²) in [6, 6.07) is 7.62. The lowest BCUT2D eigenvalue weighted by atomic mass is 10.0. The van der Waals surface area contributed by atoms with Gasteiger partial charge in [0.05, 0.1) is 12.0 Å². The second-order valence-electron chi connectivity index (χ2n) is 6.14.